The number of hydrogen-bond donors (Lipinski definition) is 1. The molecule has 104 valence electrons. The Hall–Kier alpha value is -1.67. The molecule has 4 nitrogen and oxygen atoms in total. The molecule has 0 amide bonds. The van der Waals surface area contributed by atoms with Gasteiger partial charge in [0.15, 0.2) is 0 Å². The van der Waals surface area contributed by atoms with E-state index in [4.69, 9.17) is 5.73 Å². The molecule has 0 fully saturated rings. The van der Waals surface area contributed by atoms with Crippen molar-refractivity contribution >= 4 is 12.4 Å². The zero-order chi connectivity index (χ0) is 13.3. The highest BCUT2D eigenvalue weighted by Crippen LogP contribution is 2.29. The average Bonchev–Trinajstić information content (AvgIpc) is 2.77. The molecule has 0 radical (unpaired) electrons. The number of nitrogens with two attached hydrogens (primary N) is 1. The van der Waals surface area contributed by atoms with Crippen LogP contribution in [-0.4, -0.2) is 10.1 Å². The normalized spacial score (nSPS) is 11.2. The molecule has 2 rings (SSSR count). The molecule has 0 aliphatic carbocycles. The minimum Gasteiger partial charge on any atom is -0.329 e. The Morgan fingerprint density at radius 3 is 2.42 bits per heavy atom. The zero-order valence-electron chi connectivity index (χ0n) is 9.24. The van der Waals surface area contributed by atoms with Crippen LogP contribution in [-0.2, 0) is 12.7 Å². The Labute approximate surface area is 111 Å². The van der Waals surface area contributed by atoms with E-state index in [0.29, 0.717) is 0 Å². The summed E-state index contributed by atoms with van der Waals surface area (Å²) in [5.41, 5.74) is 5.60. The number of benzene rings is 1. The van der Waals surface area contributed by atoms with Gasteiger partial charge in [-0.25, -0.2) is 4.39 Å². The van der Waals surface area contributed by atoms with Gasteiger partial charge >= 0.3 is 12.1 Å². The number of rotatable bonds is 2. The molecular weight excluding hydrogens is 290 g/mol. The first-order valence-corrected chi connectivity index (χ1v) is 4.81. The van der Waals surface area contributed by atoms with E-state index in [9.17, 15) is 17.6 Å². The summed E-state index contributed by atoms with van der Waals surface area (Å²) in [6.45, 7) is -0.00778. The summed E-state index contributed by atoms with van der Waals surface area (Å²) >= 11 is 0. The smallest absolute Gasteiger partial charge is 0.329 e. The van der Waals surface area contributed by atoms with Crippen molar-refractivity contribution < 1.29 is 22.1 Å². The first-order valence-electron chi connectivity index (χ1n) is 4.81. The van der Waals surface area contributed by atoms with Gasteiger partial charge in [0, 0.05) is 17.7 Å². The SMILES string of the molecule is Cl.NCc1ccc(-c2noc(C(F)(F)F)n2)cc1F. The predicted molar refractivity (Wildman–Crippen MR) is 59.8 cm³/mol. The van der Waals surface area contributed by atoms with Crippen molar-refractivity contribution in [1.82, 2.24) is 10.1 Å². The number of alkyl halides is 3. The highest BCUT2D eigenvalue weighted by Gasteiger charge is 2.38. The molecule has 19 heavy (non-hydrogen) atoms. The molecule has 0 aliphatic rings. The van der Waals surface area contributed by atoms with Crippen LogP contribution in [0.5, 0.6) is 0 Å². The number of halogens is 5. The van der Waals surface area contributed by atoms with Crippen LogP contribution in [0, 0.1) is 5.82 Å². The third-order valence-electron chi connectivity index (χ3n) is 2.20. The lowest BCUT2D eigenvalue weighted by Crippen LogP contribution is -2.05. The molecule has 0 unspecified atom stereocenters. The quantitative estimate of drug-likeness (QED) is 0.866. The summed E-state index contributed by atoms with van der Waals surface area (Å²) in [6.07, 6.45) is -4.72. The molecule has 0 atom stereocenters. The fraction of sp³-hybridized carbons (Fsp3) is 0.200. The van der Waals surface area contributed by atoms with Crippen molar-refractivity contribution in [3.05, 3.63) is 35.5 Å². The number of nitrogens with zero attached hydrogens (tertiary/aromatic N) is 2. The van der Waals surface area contributed by atoms with E-state index in [1.54, 1.807) is 0 Å². The lowest BCUT2D eigenvalue weighted by molar-refractivity contribution is -0.159. The van der Waals surface area contributed by atoms with Crippen LogP contribution in [0.4, 0.5) is 17.6 Å². The fourth-order valence-corrected chi connectivity index (χ4v) is 1.31. The Balaban J connectivity index is 0.00000180. The maximum absolute atomic E-state index is 13.4. The van der Waals surface area contributed by atoms with E-state index in [2.05, 4.69) is 14.7 Å². The molecule has 2 aromatic rings. The minimum atomic E-state index is -4.72. The molecule has 0 bridgehead atoms. The summed E-state index contributed by atoms with van der Waals surface area (Å²) in [6, 6.07) is 3.73. The average molecular weight is 298 g/mol. The standard InChI is InChI=1S/C10H7F4N3O.ClH/c11-7-3-5(1-2-6(7)4-15)8-16-9(18-17-8)10(12,13)14;/h1-3H,4,15H2;1H. The van der Waals surface area contributed by atoms with Crippen molar-refractivity contribution in [2.75, 3.05) is 0 Å². The van der Waals surface area contributed by atoms with Crippen molar-refractivity contribution in [1.29, 1.82) is 0 Å². The van der Waals surface area contributed by atoms with Crippen LogP contribution in [0.3, 0.4) is 0 Å². The highest BCUT2D eigenvalue weighted by atomic mass is 35.5. The molecule has 0 saturated heterocycles. The molecule has 0 aliphatic heterocycles. The van der Waals surface area contributed by atoms with Crippen LogP contribution >= 0.6 is 12.4 Å². The first kappa shape index (κ1) is 15.4. The Bertz CT molecular complexity index is 570. The Kier molecular flexibility index (Phi) is 4.48. The van der Waals surface area contributed by atoms with Crippen molar-refractivity contribution in [2.24, 2.45) is 5.73 Å². The molecule has 1 aromatic carbocycles. The summed E-state index contributed by atoms with van der Waals surface area (Å²) in [4.78, 5) is 3.15. The summed E-state index contributed by atoms with van der Waals surface area (Å²) < 4.78 is 54.1. The Morgan fingerprint density at radius 2 is 1.95 bits per heavy atom. The third-order valence-corrected chi connectivity index (χ3v) is 2.20. The first-order chi connectivity index (χ1) is 8.41. The molecule has 1 aromatic heterocycles. The fourth-order valence-electron chi connectivity index (χ4n) is 1.31. The maximum atomic E-state index is 13.4. The van der Waals surface area contributed by atoms with Gasteiger partial charge in [-0.2, -0.15) is 18.2 Å². The topological polar surface area (TPSA) is 64.9 Å². The maximum Gasteiger partial charge on any atom is 0.471 e. The van der Waals surface area contributed by atoms with Gasteiger partial charge in [0.25, 0.3) is 0 Å². The van der Waals surface area contributed by atoms with Crippen LogP contribution < -0.4 is 5.73 Å². The van der Waals surface area contributed by atoms with Gasteiger partial charge in [0.1, 0.15) is 5.82 Å². The van der Waals surface area contributed by atoms with Crippen molar-refractivity contribution in [3.63, 3.8) is 0 Å². The van der Waals surface area contributed by atoms with Gasteiger partial charge in [-0.3, -0.25) is 0 Å². The van der Waals surface area contributed by atoms with E-state index >= 15 is 0 Å². The van der Waals surface area contributed by atoms with Gasteiger partial charge in [-0.15, -0.1) is 12.4 Å². The Morgan fingerprint density at radius 1 is 1.26 bits per heavy atom. The monoisotopic (exact) mass is 297 g/mol. The van der Waals surface area contributed by atoms with E-state index in [1.165, 1.54) is 12.1 Å². The van der Waals surface area contributed by atoms with E-state index in [1.807, 2.05) is 0 Å². The van der Waals surface area contributed by atoms with Crippen LogP contribution in [0.15, 0.2) is 22.7 Å². The molecule has 9 heteroatoms. The van der Waals surface area contributed by atoms with Crippen molar-refractivity contribution in [3.8, 4) is 11.4 Å². The molecule has 1 heterocycles. The van der Waals surface area contributed by atoms with E-state index < -0.39 is 17.9 Å². The molecular formula is C10H8ClF4N3O. The predicted octanol–water partition coefficient (Wildman–Crippen LogP) is 2.78. The molecule has 0 saturated carbocycles. The zero-order valence-corrected chi connectivity index (χ0v) is 10.1. The largest absolute Gasteiger partial charge is 0.471 e. The third kappa shape index (κ3) is 3.21. The van der Waals surface area contributed by atoms with E-state index in [0.717, 1.165) is 6.07 Å². The summed E-state index contributed by atoms with van der Waals surface area (Å²) in [5, 5.41) is 3.15. The second kappa shape index (κ2) is 5.54. The lowest BCUT2D eigenvalue weighted by Gasteiger charge is -2.00. The second-order valence-electron chi connectivity index (χ2n) is 3.43. The van der Waals surface area contributed by atoms with E-state index in [-0.39, 0.29) is 35.9 Å². The van der Waals surface area contributed by atoms with Crippen LogP contribution in [0.25, 0.3) is 11.4 Å². The van der Waals surface area contributed by atoms with Gasteiger partial charge in [-0.05, 0) is 6.07 Å². The molecule has 0 spiro atoms. The second-order valence-corrected chi connectivity index (χ2v) is 3.43. The lowest BCUT2D eigenvalue weighted by atomic mass is 10.1. The van der Waals surface area contributed by atoms with Gasteiger partial charge < -0.3 is 10.3 Å². The minimum absolute atomic E-state index is 0. The van der Waals surface area contributed by atoms with Gasteiger partial charge in [0.05, 0.1) is 0 Å². The number of aromatic nitrogens is 2. The summed E-state index contributed by atoms with van der Waals surface area (Å²) in [5.74, 6) is -2.43. The van der Waals surface area contributed by atoms with Gasteiger partial charge in [-0.1, -0.05) is 17.3 Å². The number of hydrogen-bond acceptors (Lipinski definition) is 4. The van der Waals surface area contributed by atoms with Crippen LogP contribution in [0.2, 0.25) is 0 Å². The highest BCUT2D eigenvalue weighted by molar-refractivity contribution is 5.85. The van der Waals surface area contributed by atoms with Crippen LogP contribution in [0.1, 0.15) is 11.5 Å². The molecule has 2 N–H and O–H groups in total. The summed E-state index contributed by atoms with van der Waals surface area (Å²) in [7, 11) is 0. The van der Waals surface area contributed by atoms with Crippen molar-refractivity contribution in [2.45, 2.75) is 12.7 Å². The van der Waals surface area contributed by atoms with Gasteiger partial charge in [0.2, 0.25) is 5.82 Å².